The summed E-state index contributed by atoms with van der Waals surface area (Å²) >= 11 is 0. The van der Waals surface area contributed by atoms with Crippen LogP contribution in [-0.2, 0) is 10.8 Å². The first kappa shape index (κ1) is 12.9. The van der Waals surface area contributed by atoms with E-state index in [1.54, 1.807) is 0 Å². The van der Waals surface area contributed by atoms with Crippen LogP contribution in [0.5, 0.6) is 0 Å². The molecule has 2 aromatic rings. The molecule has 0 unspecified atom stereocenters. The van der Waals surface area contributed by atoms with Gasteiger partial charge in [0.05, 0.1) is 0 Å². The summed E-state index contributed by atoms with van der Waals surface area (Å²) < 4.78 is 5.56. The molecule has 98 valence electrons. The third-order valence-corrected chi connectivity index (χ3v) is 3.18. The minimum absolute atomic E-state index is 0.00544. The molecule has 3 heteroatoms. The van der Waals surface area contributed by atoms with E-state index < -0.39 is 0 Å². The van der Waals surface area contributed by atoms with Gasteiger partial charge >= 0.3 is 0 Å². The molecular weight excluding hydrogens is 224 g/mol. The van der Waals surface area contributed by atoms with Gasteiger partial charge in [-0.15, -0.1) is 0 Å². The van der Waals surface area contributed by atoms with Gasteiger partial charge in [-0.1, -0.05) is 47.6 Å². The molecule has 0 amide bonds. The average molecular weight is 246 g/mol. The van der Waals surface area contributed by atoms with E-state index in [9.17, 15) is 0 Å². The Labute approximate surface area is 108 Å². The number of hydrogen-bond donors (Lipinski definition) is 1. The number of rotatable bonds is 0. The summed E-state index contributed by atoms with van der Waals surface area (Å²) in [5, 5.41) is 0. The summed E-state index contributed by atoms with van der Waals surface area (Å²) in [6, 6.07) is 4.53. The predicted molar refractivity (Wildman–Crippen MR) is 75.8 cm³/mol. The standard InChI is InChI=1S/C15H22N2O/c1-14(2,3)9-7-10(15(4,5)6)12-11(8-9)17-13(16)18-12/h7-8H,1-6H3,(H2,16,17). The molecule has 0 aliphatic rings. The number of hydrogen-bond acceptors (Lipinski definition) is 3. The lowest BCUT2D eigenvalue weighted by atomic mass is 9.80. The van der Waals surface area contributed by atoms with E-state index in [2.05, 4.69) is 58.7 Å². The fourth-order valence-corrected chi connectivity index (χ4v) is 2.04. The SMILES string of the molecule is CC(C)(C)c1cc(C(C)(C)C)c2oc(N)nc2c1. The van der Waals surface area contributed by atoms with Crippen LogP contribution in [0.4, 0.5) is 6.01 Å². The van der Waals surface area contributed by atoms with Crippen LogP contribution < -0.4 is 5.73 Å². The van der Waals surface area contributed by atoms with Gasteiger partial charge < -0.3 is 10.2 Å². The smallest absolute Gasteiger partial charge is 0.292 e. The van der Waals surface area contributed by atoms with Gasteiger partial charge in [0.1, 0.15) is 5.52 Å². The van der Waals surface area contributed by atoms with Gasteiger partial charge in [-0.25, -0.2) is 0 Å². The molecule has 0 aliphatic carbocycles. The molecule has 0 fully saturated rings. The molecule has 0 spiro atoms. The molecule has 1 aromatic heterocycles. The molecule has 1 heterocycles. The summed E-state index contributed by atoms with van der Waals surface area (Å²) in [4.78, 5) is 4.27. The number of oxazole rings is 1. The lowest BCUT2D eigenvalue weighted by Gasteiger charge is -2.24. The Morgan fingerprint density at radius 1 is 1.00 bits per heavy atom. The third kappa shape index (κ3) is 2.22. The maximum atomic E-state index is 5.68. The van der Waals surface area contributed by atoms with E-state index in [0.29, 0.717) is 0 Å². The van der Waals surface area contributed by atoms with Crippen molar-refractivity contribution in [2.75, 3.05) is 5.73 Å². The topological polar surface area (TPSA) is 52.0 Å². The first-order valence-corrected chi connectivity index (χ1v) is 6.30. The van der Waals surface area contributed by atoms with Gasteiger partial charge in [0, 0.05) is 5.56 Å². The Morgan fingerprint density at radius 2 is 1.61 bits per heavy atom. The quantitative estimate of drug-likeness (QED) is 0.764. The van der Waals surface area contributed by atoms with Gasteiger partial charge in [0.25, 0.3) is 6.01 Å². The fraction of sp³-hybridized carbons (Fsp3) is 0.533. The number of benzene rings is 1. The number of nitrogen functional groups attached to an aromatic ring is 1. The summed E-state index contributed by atoms with van der Waals surface area (Å²) in [6.45, 7) is 13.1. The highest BCUT2D eigenvalue weighted by atomic mass is 16.4. The average Bonchev–Trinajstić information content (AvgIpc) is 2.52. The number of nitrogens with two attached hydrogens (primary N) is 1. The second-order valence-electron chi connectivity index (χ2n) is 6.92. The van der Waals surface area contributed by atoms with E-state index in [-0.39, 0.29) is 16.8 Å². The minimum atomic E-state index is 0.00544. The molecule has 2 N–H and O–H groups in total. The van der Waals surface area contributed by atoms with E-state index in [1.165, 1.54) is 5.56 Å². The molecule has 0 atom stereocenters. The van der Waals surface area contributed by atoms with Crippen molar-refractivity contribution < 1.29 is 4.42 Å². The van der Waals surface area contributed by atoms with Crippen molar-refractivity contribution in [3.63, 3.8) is 0 Å². The monoisotopic (exact) mass is 246 g/mol. The summed E-state index contributed by atoms with van der Waals surface area (Å²) in [5.41, 5.74) is 9.86. The second kappa shape index (κ2) is 3.74. The second-order valence-corrected chi connectivity index (χ2v) is 6.92. The van der Waals surface area contributed by atoms with E-state index >= 15 is 0 Å². The highest BCUT2D eigenvalue weighted by Gasteiger charge is 2.24. The number of anilines is 1. The molecule has 0 bridgehead atoms. The molecule has 0 saturated carbocycles. The van der Waals surface area contributed by atoms with E-state index in [4.69, 9.17) is 10.2 Å². The van der Waals surface area contributed by atoms with Gasteiger partial charge in [-0.3, -0.25) is 0 Å². The molecule has 0 aliphatic heterocycles. The fourth-order valence-electron chi connectivity index (χ4n) is 2.04. The molecule has 0 radical (unpaired) electrons. The normalized spacial score (nSPS) is 13.2. The summed E-state index contributed by atoms with van der Waals surface area (Å²) in [6.07, 6.45) is 0. The number of aromatic nitrogens is 1. The Kier molecular flexibility index (Phi) is 2.69. The van der Waals surface area contributed by atoms with Crippen molar-refractivity contribution in [3.8, 4) is 0 Å². The van der Waals surface area contributed by atoms with Crippen LogP contribution in [0.3, 0.4) is 0 Å². The summed E-state index contributed by atoms with van der Waals surface area (Å²) in [7, 11) is 0. The first-order chi connectivity index (χ1) is 8.09. The Balaban J connectivity index is 2.81. The van der Waals surface area contributed by atoms with Crippen LogP contribution in [-0.4, -0.2) is 4.98 Å². The van der Waals surface area contributed by atoms with Gasteiger partial charge in [0.15, 0.2) is 5.58 Å². The van der Waals surface area contributed by atoms with Crippen molar-refractivity contribution in [1.82, 2.24) is 4.98 Å². The summed E-state index contributed by atoms with van der Waals surface area (Å²) in [5.74, 6) is 0. The number of nitrogens with zero attached hydrogens (tertiary/aromatic N) is 1. The van der Waals surface area contributed by atoms with Crippen LogP contribution >= 0.6 is 0 Å². The van der Waals surface area contributed by atoms with Crippen LogP contribution in [0.15, 0.2) is 16.5 Å². The van der Waals surface area contributed by atoms with E-state index in [1.807, 2.05) is 0 Å². The minimum Gasteiger partial charge on any atom is -0.423 e. The molecule has 18 heavy (non-hydrogen) atoms. The zero-order valence-corrected chi connectivity index (χ0v) is 12.1. The van der Waals surface area contributed by atoms with Gasteiger partial charge in [0.2, 0.25) is 0 Å². The zero-order valence-electron chi connectivity index (χ0n) is 12.1. The third-order valence-electron chi connectivity index (χ3n) is 3.18. The van der Waals surface area contributed by atoms with Crippen LogP contribution in [0.1, 0.15) is 52.7 Å². The van der Waals surface area contributed by atoms with Crippen molar-refractivity contribution in [3.05, 3.63) is 23.3 Å². The highest BCUT2D eigenvalue weighted by Crippen LogP contribution is 2.35. The molecule has 1 aromatic carbocycles. The zero-order chi connectivity index (χ0) is 13.7. The molecule has 0 saturated heterocycles. The van der Waals surface area contributed by atoms with Crippen molar-refractivity contribution >= 4 is 17.1 Å². The largest absolute Gasteiger partial charge is 0.423 e. The molecule has 3 nitrogen and oxygen atoms in total. The van der Waals surface area contributed by atoms with Crippen molar-refractivity contribution in [2.24, 2.45) is 0 Å². The lowest BCUT2D eigenvalue weighted by Crippen LogP contribution is -2.16. The van der Waals surface area contributed by atoms with Crippen molar-refractivity contribution in [1.29, 1.82) is 0 Å². The Morgan fingerprint density at radius 3 is 2.11 bits per heavy atom. The number of fused-ring (bicyclic) bond motifs is 1. The van der Waals surface area contributed by atoms with Crippen LogP contribution in [0.25, 0.3) is 11.1 Å². The first-order valence-electron chi connectivity index (χ1n) is 6.30. The van der Waals surface area contributed by atoms with Crippen LogP contribution in [0, 0.1) is 0 Å². The maximum Gasteiger partial charge on any atom is 0.292 e. The molecular formula is C15H22N2O. The van der Waals surface area contributed by atoms with Crippen molar-refractivity contribution in [2.45, 2.75) is 52.4 Å². The van der Waals surface area contributed by atoms with Crippen LogP contribution in [0.2, 0.25) is 0 Å². The Bertz CT molecular complexity index is 583. The molecule has 2 rings (SSSR count). The lowest BCUT2D eigenvalue weighted by molar-refractivity contribution is 0.554. The highest BCUT2D eigenvalue weighted by molar-refractivity contribution is 5.80. The van der Waals surface area contributed by atoms with E-state index in [0.717, 1.165) is 16.7 Å². The van der Waals surface area contributed by atoms with Gasteiger partial charge in [-0.2, -0.15) is 4.98 Å². The maximum absolute atomic E-state index is 5.68. The predicted octanol–water partition coefficient (Wildman–Crippen LogP) is 4.01. The van der Waals surface area contributed by atoms with Gasteiger partial charge in [-0.05, 0) is 22.5 Å². The Hall–Kier alpha value is -1.51.